The lowest BCUT2D eigenvalue weighted by atomic mass is 10.3. The van der Waals surface area contributed by atoms with Gasteiger partial charge in [0.15, 0.2) is 0 Å². The summed E-state index contributed by atoms with van der Waals surface area (Å²) in [6, 6.07) is 0. The van der Waals surface area contributed by atoms with E-state index in [0.717, 1.165) is 17.9 Å². The third-order valence-electron chi connectivity index (χ3n) is 1.41. The van der Waals surface area contributed by atoms with E-state index in [1.807, 2.05) is 21.0 Å². The molecule has 0 saturated carbocycles. The van der Waals surface area contributed by atoms with E-state index in [-0.39, 0.29) is 0 Å². The molecule has 0 aliphatic carbocycles. The van der Waals surface area contributed by atoms with Gasteiger partial charge in [0, 0.05) is 12.2 Å². The van der Waals surface area contributed by atoms with Crippen molar-refractivity contribution in [3.05, 3.63) is 15.0 Å². The summed E-state index contributed by atoms with van der Waals surface area (Å²) < 4.78 is 1.25. The van der Waals surface area contributed by atoms with Gasteiger partial charge in [0.2, 0.25) is 0 Å². The summed E-state index contributed by atoms with van der Waals surface area (Å²) in [7, 11) is 4.08. The van der Waals surface area contributed by atoms with Crippen molar-refractivity contribution in [2.24, 2.45) is 0 Å². The van der Waals surface area contributed by atoms with Crippen molar-refractivity contribution >= 4 is 22.6 Å². The van der Waals surface area contributed by atoms with Gasteiger partial charge in [-0.15, -0.1) is 0 Å². The minimum atomic E-state index is 0.905. The molecule has 0 saturated heterocycles. The first kappa shape index (κ1) is 8.99. The summed E-state index contributed by atoms with van der Waals surface area (Å²) in [5.74, 6) is 0. The van der Waals surface area contributed by atoms with Gasteiger partial charge >= 0.3 is 0 Å². The maximum atomic E-state index is 4.18. The zero-order valence-electron chi connectivity index (χ0n) is 6.98. The Hall–Kier alpha value is -0.100. The first-order valence-corrected chi connectivity index (χ1v) is 4.53. The Morgan fingerprint density at radius 1 is 1.55 bits per heavy atom. The molecule has 4 heteroatoms. The lowest BCUT2D eigenvalue weighted by Crippen LogP contribution is -2.11. The summed E-state index contributed by atoms with van der Waals surface area (Å²) >= 11 is 2.31. The molecule has 0 bridgehead atoms. The lowest BCUT2D eigenvalue weighted by Gasteiger charge is -2.06. The van der Waals surface area contributed by atoms with Gasteiger partial charge in [-0.2, -0.15) is 5.10 Å². The molecule has 1 heterocycles. The van der Waals surface area contributed by atoms with Crippen molar-refractivity contribution in [2.75, 3.05) is 14.1 Å². The highest BCUT2D eigenvalue weighted by atomic mass is 127. The Kier molecular flexibility index (Phi) is 2.89. The molecule has 1 aromatic heterocycles. The molecule has 11 heavy (non-hydrogen) atoms. The zero-order chi connectivity index (χ0) is 8.43. The van der Waals surface area contributed by atoms with Gasteiger partial charge in [-0.05, 0) is 43.6 Å². The van der Waals surface area contributed by atoms with Crippen LogP contribution in [-0.2, 0) is 6.54 Å². The first-order valence-electron chi connectivity index (χ1n) is 3.45. The fraction of sp³-hybridized carbons (Fsp3) is 0.571. The smallest absolute Gasteiger partial charge is 0.0898 e. The maximum Gasteiger partial charge on any atom is 0.0898 e. The molecule has 0 radical (unpaired) electrons. The SMILES string of the molecule is Cc1[nH]nc(CN(C)C)c1I. The van der Waals surface area contributed by atoms with Crippen molar-refractivity contribution in [2.45, 2.75) is 13.5 Å². The summed E-state index contributed by atoms with van der Waals surface area (Å²) in [5, 5.41) is 7.14. The van der Waals surface area contributed by atoms with Crippen molar-refractivity contribution in [3.63, 3.8) is 0 Å². The first-order chi connectivity index (χ1) is 5.11. The largest absolute Gasteiger partial charge is 0.303 e. The molecule has 0 spiro atoms. The van der Waals surface area contributed by atoms with E-state index in [4.69, 9.17) is 0 Å². The third-order valence-corrected chi connectivity index (χ3v) is 2.84. The second-order valence-corrected chi connectivity index (χ2v) is 3.93. The Morgan fingerprint density at radius 3 is 2.55 bits per heavy atom. The van der Waals surface area contributed by atoms with Crippen molar-refractivity contribution < 1.29 is 0 Å². The molecule has 62 valence electrons. The Balaban J connectivity index is 2.79. The minimum Gasteiger partial charge on any atom is -0.303 e. The van der Waals surface area contributed by atoms with Gasteiger partial charge in [0.05, 0.1) is 9.26 Å². The van der Waals surface area contributed by atoms with Crippen molar-refractivity contribution in [1.82, 2.24) is 15.1 Å². The minimum absolute atomic E-state index is 0.905. The van der Waals surface area contributed by atoms with Crippen LogP contribution in [0.4, 0.5) is 0 Å². The number of rotatable bonds is 2. The van der Waals surface area contributed by atoms with E-state index in [1.165, 1.54) is 3.57 Å². The molecular weight excluding hydrogens is 253 g/mol. The predicted molar refractivity (Wildman–Crippen MR) is 53.4 cm³/mol. The number of nitrogens with one attached hydrogen (secondary N) is 1. The van der Waals surface area contributed by atoms with Gasteiger partial charge in [-0.3, -0.25) is 5.10 Å². The fourth-order valence-corrected chi connectivity index (χ4v) is 1.28. The zero-order valence-corrected chi connectivity index (χ0v) is 9.14. The fourth-order valence-electron chi connectivity index (χ4n) is 0.870. The monoisotopic (exact) mass is 265 g/mol. The Bertz CT molecular complexity index is 242. The Labute approximate surface area is 80.3 Å². The van der Waals surface area contributed by atoms with Crippen LogP contribution in [0.15, 0.2) is 0 Å². The average molecular weight is 265 g/mol. The van der Waals surface area contributed by atoms with Crippen LogP contribution in [0.2, 0.25) is 0 Å². The molecule has 0 fully saturated rings. The number of H-pyrrole nitrogens is 1. The van der Waals surface area contributed by atoms with Crippen LogP contribution in [0.25, 0.3) is 0 Å². The molecular formula is C7H12IN3. The molecule has 0 unspecified atom stereocenters. The van der Waals surface area contributed by atoms with Crippen LogP contribution in [0.5, 0.6) is 0 Å². The van der Waals surface area contributed by atoms with E-state index in [1.54, 1.807) is 0 Å². The second-order valence-electron chi connectivity index (χ2n) is 2.85. The molecule has 0 aromatic carbocycles. The molecule has 1 aromatic rings. The number of hydrogen-bond donors (Lipinski definition) is 1. The van der Waals surface area contributed by atoms with E-state index in [0.29, 0.717) is 0 Å². The number of aromatic nitrogens is 2. The maximum absolute atomic E-state index is 4.18. The molecule has 3 nitrogen and oxygen atoms in total. The third kappa shape index (κ3) is 2.16. The molecule has 0 aliphatic rings. The predicted octanol–water partition coefficient (Wildman–Crippen LogP) is 1.38. The number of aryl methyl sites for hydroxylation is 1. The lowest BCUT2D eigenvalue weighted by molar-refractivity contribution is 0.395. The summed E-state index contributed by atoms with van der Waals surface area (Å²) in [5.41, 5.74) is 2.29. The quantitative estimate of drug-likeness (QED) is 0.819. The van der Waals surface area contributed by atoms with Gasteiger partial charge in [-0.25, -0.2) is 0 Å². The molecule has 0 amide bonds. The van der Waals surface area contributed by atoms with Crippen LogP contribution >= 0.6 is 22.6 Å². The van der Waals surface area contributed by atoms with Crippen LogP contribution in [0, 0.1) is 10.5 Å². The van der Waals surface area contributed by atoms with Gasteiger partial charge in [0.25, 0.3) is 0 Å². The van der Waals surface area contributed by atoms with Crippen LogP contribution in [0.1, 0.15) is 11.4 Å². The molecule has 0 aliphatic heterocycles. The van der Waals surface area contributed by atoms with Crippen LogP contribution in [-0.4, -0.2) is 29.2 Å². The van der Waals surface area contributed by atoms with Gasteiger partial charge in [0.1, 0.15) is 0 Å². The standard InChI is InChI=1S/C7H12IN3/c1-5-7(8)6(10-9-5)4-11(2)3/h4H2,1-3H3,(H,9,10). The van der Waals surface area contributed by atoms with Crippen molar-refractivity contribution in [1.29, 1.82) is 0 Å². The summed E-state index contributed by atoms with van der Waals surface area (Å²) in [6.45, 7) is 2.94. The van der Waals surface area contributed by atoms with Crippen molar-refractivity contribution in [3.8, 4) is 0 Å². The van der Waals surface area contributed by atoms with Gasteiger partial charge < -0.3 is 4.90 Å². The van der Waals surface area contributed by atoms with Gasteiger partial charge in [-0.1, -0.05) is 0 Å². The Morgan fingerprint density at radius 2 is 2.18 bits per heavy atom. The van der Waals surface area contributed by atoms with Crippen LogP contribution < -0.4 is 0 Å². The topological polar surface area (TPSA) is 31.9 Å². The number of aromatic amines is 1. The van der Waals surface area contributed by atoms with E-state index < -0.39 is 0 Å². The highest BCUT2D eigenvalue weighted by molar-refractivity contribution is 14.1. The molecule has 1 rings (SSSR count). The average Bonchev–Trinajstić information content (AvgIpc) is 2.18. The highest BCUT2D eigenvalue weighted by Gasteiger charge is 2.06. The van der Waals surface area contributed by atoms with E-state index >= 15 is 0 Å². The van der Waals surface area contributed by atoms with E-state index in [2.05, 4.69) is 37.7 Å². The van der Waals surface area contributed by atoms with E-state index in [9.17, 15) is 0 Å². The van der Waals surface area contributed by atoms with Crippen LogP contribution in [0.3, 0.4) is 0 Å². The molecule has 0 atom stereocenters. The summed E-state index contributed by atoms with van der Waals surface area (Å²) in [4.78, 5) is 2.11. The number of nitrogens with zero attached hydrogens (tertiary/aromatic N) is 2. The highest BCUT2D eigenvalue weighted by Crippen LogP contribution is 2.13. The number of hydrogen-bond acceptors (Lipinski definition) is 2. The normalized spacial score (nSPS) is 11.0. The second kappa shape index (κ2) is 3.53. The number of halogens is 1. The molecule has 1 N–H and O–H groups in total. The summed E-state index contributed by atoms with van der Waals surface area (Å²) in [6.07, 6.45) is 0.